The minimum absolute atomic E-state index is 0.249. The molecule has 1 atom stereocenters. The highest BCUT2D eigenvalue weighted by Gasteiger charge is 2.26. The number of carbonyl (C=O) groups is 1. The number of benzene rings is 1. The van der Waals surface area contributed by atoms with E-state index in [4.69, 9.17) is 0 Å². The summed E-state index contributed by atoms with van der Waals surface area (Å²) in [4.78, 5) is 23.9. The average molecular weight is 400 g/mol. The summed E-state index contributed by atoms with van der Waals surface area (Å²) in [6, 6.07) is 8.34. The largest absolute Gasteiger partial charge is 0.356 e. The third-order valence-electron chi connectivity index (χ3n) is 6.25. The zero-order valence-electron chi connectivity index (χ0n) is 18.4. The quantitative estimate of drug-likeness (QED) is 0.415. The van der Waals surface area contributed by atoms with Crippen molar-refractivity contribution in [1.29, 1.82) is 0 Å². The molecule has 6 nitrogen and oxygen atoms in total. The van der Waals surface area contributed by atoms with Gasteiger partial charge in [-0.2, -0.15) is 0 Å². The lowest BCUT2D eigenvalue weighted by atomic mass is 10.1. The second kappa shape index (κ2) is 10.6. The summed E-state index contributed by atoms with van der Waals surface area (Å²) >= 11 is 0. The normalized spacial score (nSPS) is 19.2. The van der Waals surface area contributed by atoms with E-state index in [-0.39, 0.29) is 5.91 Å². The summed E-state index contributed by atoms with van der Waals surface area (Å²) in [5.41, 5.74) is 2.57. The Balaban J connectivity index is 1.36. The molecule has 2 aliphatic rings. The van der Waals surface area contributed by atoms with Crippen LogP contribution in [0.4, 0.5) is 0 Å². The van der Waals surface area contributed by atoms with Gasteiger partial charge < -0.3 is 20.0 Å². The van der Waals surface area contributed by atoms with E-state index in [2.05, 4.69) is 46.1 Å². The minimum atomic E-state index is 0.249. The Kier molecular flexibility index (Phi) is 7.92. The summed E-state index contributed by atoms with van der Waals surface area (Å²) in [7, 11) is 1.85. The number of nitrogens with zero attached hydrogens (tertiary/aromatic N) is 4. The zero-order chi connectivity index (χ0) is 20.6. The summed E-state index contributed by atoms with van der Waals surface area (Å²) in [5, 5.41) is 3.47. The standard InChI is InChI=1S/C23H37N5O/c1-4-26(5-2)15-19-12-14-27(16-19)23(24-3)25-13-8-11-22(29)28-17-20-9-6-7-10-21(20)18-28/h6-7,9-10,19H,4-5,8,11-18H2,1-3H3,(H,24,25). The molecule has 1 aromatic rings. The second-order valence-electron chi connectivity index (χ2n) is 8.18. The number of rotatable bonds is 8. The molecule has 2 aliphatic heterocycles. The van der Waals surface area contributed by atoms with Crippen LogP contribution >= 0.6 is 0 Å². The van der Waals surface area contributed by atoms with Gasteiger partial charge >= 0.3 is 0 Å². The molecule has 0 bridgehead atoms. The molecule has 1 unspecified atom stereocenters. The highest BCUT2D eigenvalue weighted by atomic mass is 16.2. The van der Waals surface area contributed by atoms with Gasteiger partial charge in [0.05, 0.1) is 0 Å². The lowest BCUT2D eigenvalue weighted by Gasteiger charge is -2.24. The van der Waals surface area contributed by atoms with Crippen molar-refractivity contribution >= 4 is 11.9 Å². The van der Waals surface area contributed by atoms with E-state index >= 15 is 0 Å². The number of hydrogen-bond donors (Lipinski definition) is 1. The summed E-state index contributed by atoms with van der Waals surface area (Å²) in [5.74, 6) is 1.94. The fourth-order valence-electron chi connectivity index (χ4n) is 4.46. The molecule has 6 heteroatoms. The molecule has 1 aromatic carbocycles. The van der Waals surface area contributed by atoms with Crippen molar-refractivity contribution in [1.82, 2.24) is 20.0 Å². The molecular formula is C23H37N5O. The van der Waals surface area contributed by atoms with E-state index in [1.54, 1.807) is 0 Å². The van der Waals surface area contributed by atoms with Crippen molar-refractivity contribution in [3.63, 3.8) is 0 Å². The van der Waals surface area contributed by atoms with Crippen LogP contribution in [0, 0.1) is 5.92 Å². The first-order valence-corrected chi connectivity index (χ1v) is 11.2. The molecule has 0 saturated carbocycles. The molecule has 29 heavy (non-hydrogen) atoms. The van der Waals surface area contributed by atoms with Gasteiger partial charge in [-0.25, -0.2) is 0 Å². The van der Waals surface area contributed by atoms with E-state index in [9.17, 15) is 4.79 Å². The molecule has 1 N–H and O–H groups in total. The second-order valence-corrected chi connectivity index (χ2v) is 8.18. The third kappa shape index (κ3) is 5.72. The first kappa shape index (κ1) is 21.6. The molecule has 0 radical (unpaired) electrons. The van der Waals surface area contributed by atoms with Crippen molar-refractivity contribution in [2.45, 2.75) is 46.2 Å². The van der Waals surface area contributed by atoms with Gasteiger partial charge in [-0.05, 0) is 43.0 Å². The molecule has 3 rings (SSSR count). The Labute approximate surface area is 176 Å². The van der Waals surface area contributed by atoms with Crippen LogP contribution in [0.1, 0.15) is 44.2 Å². The van der Waals surface area contributed by atoms with Crippen LogP contribution in [0.3, 0.4) is 0 Å². The maximum Gasteiger partial charge on any atom is 0.223 e. The lowest BCUT2D eigenvalue weighted by Crippen LogP contribution is -2.41. The monoisotopic (exact) mass is 399 g/mol. The summed E-state index contributed by atoms with van der Waals surface area (Å²) < 4.78 is 0. The maximum atomic E-state index is 12.5. The van der Waals surface area contributed by atoms with E-state index in [0.29, 0.717) is 12.3 Å². The molecule has 0 spiro atoms. The first-order valence-electron chi connectivity index (χ1n) is 11.2. The van der Waals surface area contributed by atoms with E-state index in [0.717, 1.165) is 58.2 Å². The molecular weight excluding hydrogens is 362 g/mol. The van der Waals surface area contributed by atoms with Gasteiger partial charge in [-0.1, -0.05) is 38.1 Å². The van der Waals surface area contributed by atoms with Crippen LogP contribution in [0.15, 0.2) is 29.3 Å². The Hall–Kier alpha value is -2.08. The fraction of sp³-hybridized carbons (Fsp3) is 0.652. The Morgan fingerprint density at radius 2 is 1.86 bits per heavy atom. The zero-order valence-corrected chi connectivity index (χ0v) is 18.4. The van der Waals surface area contributed by atoms with Gasteiger partial charge in [0.1, 0.15) is 0 Å². The number of aliphatic imine (C=N–C) groups is 1. The van der Waals surface area contributed by atoms with Crippen molar-refractivity contribution in [2.24, 2.45) is 10.9 Å². The van der Waals surface area contributed by atoms with Crippen LogP contribution in [0.25, 0.3) is 0 Å². The van der Waals surface area contributed by atoms with E-state index < -0.39 is 0 Å². The van der Waals surface area contributed by atoms with Gasteiger partial charge in [0.15, 0.2) is 5.96 Å². The maximum absolute atomic E-state index is 12.5. The van der Waals surface area contributed by atoms with Crippen LogP contribution < -0.4 is 5.32 Å². The van der Waals surface area contributed by atoms with Crippen LogP contribution in [-0.2, 0) is 17.9 Å². The average Bonchev–Trinajstić information content (AvgIpc) is 3.39. The van der Waals surface area contributed by atoms with E-state index in [1.807, 2.05) is 24.1 Å². The molecule has 1 saturated heterocycles. The van der Waals surface area contributed by atoms with Crippen molar-refractivity contribution in [2.75, 3.05) is 46.3 Å². The van der Waals surface area contributed by atoms with Crippen LogP contribution in [0.5, 0.6) is 0 Å². The number of guanidine groups is 1. The predicted octanol–water partition coefficient (Wildman–Crippen LogP) is 2.55. The van der Waals surface area contributed by atoms with E-state index in [1.165, 1.54) is 24.1 Å². The first-order chi connectivity index (χ1) is 14.1. The summed E-state index contributed by atoms with van der Waals surface area (Å²) in [6.07, 6.45) is 2.65. The Morgan fingerprint density at radius 3 is 2.48 bits per heavy atom. The highest BCUT2D eigenvalue weighted by molar-refractivity contribution is 5.80. The predicted molar refractivity (Wildman–Crippen MR) is 119 cm³/mol. The number of likely N-dealkylation sites (tertiary alicyclic amines) is 1. The van der Waals surface area contributed by atoms with Crippen molar-refractivity contribution < 1.29 is 4.79 Å². The van der Waals surface area contributed by atoms with Crippen molar-refractivity contribution in [3.05, 3.63) is 35.4 Å². The third-order valence-corrected chi connectivity index (χ3v) is 6.25. The minimum Gasteiger partial charge on any atom is -0.356 e. The smallest absolute Gasteiger partial charge is 0.223 e. The van der Waals surface area contributed by atoms with Gasteiger partial charge in [-0.3, -0.25) is 9.79 Å². The molecule has 2 heterocycles. The number of carbonyl (C=O) groups excluding carboxylic acids is 1. The van der Waals surface area contributed by atoms with Gasteiger partial charge in [0, 0.05) is 52.7 Å². The Bertz CT molecular complexity index is 675. The number of nitrogens with one attached hydrogen (secondary N) is 1. The summed E-state index contributed by atoms with van der Waals surface area (Å²) in [6.45, 7) is 12.3. The van der Waals surface area contributed by atoms with Crippen LogP contribution in [0.2, 0.25) is 0 Å². The van der Waals surface area contributed by atoms with Gasteiger partial charge in [-0.15, -0.1) is 0 Å². The molecule has 0 aliphatic carbocycles. The number of amides is 1. The Morgan fingerprint density at radius 1 is 1.17 bits per heavy atom. The van der Waals surface area contributed by atoms with Crippen molar-refractivity contribution in [3.8, 4) is 0 Å². The fourth-order valence-corrected chi connectivity index (χ4v) is 4.46. The van der Waals surface area contributed by atoms with Gasteiger partial charge in [0.25, 0.3) is 0 Å². The van der Waals surface area contributed by atoms with Gasteiger partial charge in [0.2, 0.25) is 5.91 Å². The lowest BCUT2D eigenvalue weighted by molar-refractivity contribution is -0.131. The highest BCUT2D eigenvalue weighted by Crippen LogP contribution is 2.23. The topological polar surface area (TPSA) is 51.2 Å². The molecule has 160 valence electrons. The SMILES string of the molecule is CCN(CC)CC1CCN(C(=NC)NCCCC(=O)N2Cc3ccccc3C2)C1. The number of hydrogen-bond acceptors (Lipinski definition) is 3. The molecule has 1 fully saturated rings. The van der Waals surface area contributed by atoms with Crippen LogP contribution in [-0.4, -0.2) is 72.9 Å². The molecule has 0 aromatic heterocycles. The molecule has 1 amide bonds. The number of fused-ring (bicyclic) bond motifs is 1.